The molecule has 0 radical (unpaired) electrons. The third-order valence-corrected chi connectivity index (χ3v) is 2.55. The number of ether oxygens (including phenoxy) is 1. The Labute approximate surface area is 109 Å². The number of nitrogens with zero attached hydrogens (tertiary/aromatic N) is 1. The average molecular weight is 272 g/mol. The minimum absolute atomic E-state index is 0.0932. The van der Waals surface area contributed by atoms with Crippen molar-refractivity contribution in [2.75, 3.05) is 7.11 Å². The summed E-state index contributed by atoms with van der Waals surface area (Å²) in [6.45, 7) is 1.59. The van der Waals surface area contributed by atoms with Crippen molar-refractivity contribution < 1.29 is 14.7 Å². The summed E-state index contributed by atoms with van der Waals surface area (Å²) in [6.07, 6.45) is 0. The Hall–Kier alpha value is -1.95. The summed E-state index contributed by atoms with van der Waals surface area (Å²) >= 11 is 5.82. The lowest BCUT2D eigenvalue weighted by Gasteiger charge is -2.14. The number of oxime groups is 1. The molecule has 1 amide bonds. The molecule has 0 saturated heterocycles. The van der Waals surface area contributed by atoms with E-state index in [4.69, 9.17) is 27.3 Å². The molecule has 1 rings (SSSR count). The van der Waals surface area contributed by atoms with Gasteiger partial charge in [-0.15, -0.1) is 0 Å². The summed E-state index contributed by atoms with van der Waals surface area (Å²) in [7, 11) is 1.45. The van der Waals surface area contributed by atoms with Crippen LogP contribution in [0.15, 0.2) is 23.4 Å². The van der Waals surface area contributed by atoms with Crippen molar-refractivity contribution in [2.45, 2.75) is 13.0 Å². The van der Waals surface area contributed by atoms with Crippen molar-refractivity contribution in [2.24, 2.45) is 10.9 Å². The van der Waals surface area contributed by atoms with Crippen molar-refractivity contribution in [3.63, 3.8) is 0 Å². The van der Waals surface area contributed by atoms with Crippen LogP contribution in [0.25, 0.3) is 0 Å². The molecule has 0 saturated carbocycles. The van der Waals surface area contributed by atoms with Gasteiger partial charge < -0.3 is 21.0 Å². The fourth-order valence-electron chi connectivity index (χ4n) is 1.29. The Morgan fingerprint density at radius 1 is 1.61 bits per heavy atom. The summed E-state index contributed by atoms with van der Waals surface area (Å²) < 4.78 is 5.06. The number of nitrogens with two attached hydrogens (primary N) is 1. The molecule has 6 nitrogen and oxygen atoms in total. The molecule has 1 unspecified atom stereocenters. The largest absolute Gasteiger partial charge is 0.496 e. The van der Waals surface area contributed by atoms with Crippen molar-refractivity contribution in [1.29, 1.82) is 0 Å². The highest BCUT2D eigenvalue weighted by atomic mass is 35.5. The van der Waals surface area contributed by atoms with Gasteiger partial charge in [0.05, 0.1) is 18.7 Å². The second kappa shape index (κ2) is 6.11. The topological polar surface area (TPSA) is 96.9 Å². The third kappa shape index (κ3) is 3.27. The molecule has 0 spiro atoms. The van der Waals surface area contributed by atoms with Crippen LogP contribution in [0.3, 0.4) is 0 Å². The number of benzene rings is 1. The number of amidine groups is 1. The number of hydrogen-bond donors (Lipinski definition) is 3. The highest BCUT2D eigenvalue weighted by Gasteiger charge is 2.17. The molecule has 0 fully saturated rings. The summed E-state index contributed by atoms with van der Waals surface area (Å²) in [5.74, 6) is -0.124. The summed E-state index contributed by atoms with van der Waals surface area (Å²) in [5.41, 5.74) is 5.65. The zero-order chi connectivity index (χ0) is 13.7. The first-order valence-corrected chi connectivity index (χ1v) is 5.49. The van der Waals surface area contributed by atoms with Crippen molar-refractivity contribution >= 4 is 23.3 Å². The number of rotatable bonds is 4. The van der Waals surface area contributed by atoms with Gasteiger partial charge in [-0.2, -0.15) is 0 Å². The maximum atomic E-state index is 12.0. The average Bonchev–Trinajstić information content (AvgIpc) is 2.37. The Morgan fingerprint density at radius 3 is 2.83 bits per heavy atom. The van der Waals surface area contributed by atoms with Crippen molar-refractivity contribution in [1.82, 2.24) is 5.32 Å². The van der Waals surface area contributed by atoms with E-state index in [9.17, 15) is 4.79 Å². The van der Waals surface area contributed by atoms with Crippen LogP contribution in [0.4, 0.5) is 0 Å². The van der Waals surface area contributed by atoms with Crippen molar-refractivity contribution in [3.05, 3.63) is 28.8 Å². The van der Waals surface area contributed by atoms with Gasteiger partial charge in [-0.25, -0.2) is 0 Å². The maximum absolute atomic E-state index is 12.0. The molecule has 18 heavy (non-hydrogen) atoms. The molecular formula is C11H14ClN3O3. The monoisotopic (exact) mass is 271 g/mol. The zero-order valence-corrected chi connectivity index (χ0v) is 10.7. The molecule has 1 aromatic rings. The Morgan fingerprint density at radius 2 is 2.28 bits per heavy atom. The van der Waals surface area contributed by atoms with Crippen LogP contribution >= 0.6 is 11.6 Å². The zero-order valence-electron chi connectivity index (χ0n) is 9.98. The SMILES string of the molecule is COc1ccc(Cl)cc1C(=O)NC(C)/C(N)=N/O. The van der Waals surface area contributed by atoms with E-state index in [0.717, 1.165) is 0 Å². The fourth-order valence-corrected chi connectivity index (χ4v) is 1.46. The molecule has 0 aliphatic carbocycles. The van der Waals surface area contributed by atoms with E-state index in [1.165, 1.54) is 13.2 Å². The standard InChI is InChI=1S/C11H14ClN3O3/c1-6(10(13)15-17)14-11(16)8-5-7(12)3-4-9(8)18-2/h3-6,17H,1-2H3,(H2,13,15)(H,14,16). The second-order valence-electron chi connectivity index (χ2n) is 3.56. The third-order valence-electron chi connectivity index (χ3n) is 2.31. The quantitative estimate of drug-likeness (QED) is 0.332. The lowest BCUT2D eigenvalue weighted by Crippen LogP contribution is -2.42. The molecule has 0 aliphatic heterocycles. The Bertz CT molecular complexity index is 477. The van der Waals surface area contributed by atoms with Gasteiger partial charge in [-0.3, -0.25) is 4.79 Å². The summed E-state index contributed by atoms with van der Waals surface area (Å²) in [4.78, 5) is 12.0. The first-order valence-electron chi connectivity index (χ1n) is 5.11. The van der Waals surface area contributed by atoms with Gasteiger partial charge in [-0.1, -0.05) is 16.8 Å². The molecule has 0 aliphatic rings. The lowest BCUT2D eigenvalue weighted by atomic mass is 10.1. The van der Waals surface area contributed by atoms with Gasteiger partial charge in [0, 0.05) is 5.02 Å². The number of carbonyl (C=O) groups is 1. The number of halogens is 1. The molecule has 98 valence electrons. The number of carbonyl (C=O) groups excluding carboxylic acids is 1. The predicted molar refractivity (Wildman–Crippen MR) is 68.3 cm³/mol. The predicted octanol–water partition coefficient (Wildman–Crippen LogP) is 1.21. The lowest BCUT2D eigenvalue weighted by molar-refractivity contribution is 0.0945. The van der Waals surface area contributed by atoms with Crippen LogP contribution in [-0.4, -0.2) is 30.1 Å². The van der Waals surface area contributed by atoms with E-state index >= 15 is 0 Å². The smallest absolute Gasteiger partial charge is 0.255 e. The molecule has 1 aromatic carbocycles. The van der Waals surface area contributed by atoms with Crippen LogP contribution in [0, 0.1) is 0 Å². The number of nitrogens with one attached hydrogen (secondary N) is 1. The van der Waals surface area contributed by atoms with Gasteiger partial charge in [0.15, 0.2) is 5.84 Å². The van der Waals surface area contributed by atoms with E-state index in [1.807, 2.05) is 0 Å². The molecule has 4 N–H and O–H groups in total. The molecule has 7 heteroatoms. The Kier molecular flexibility index (Phi) is 4.79. The van der Waals surface area contributed by atoms with Gasteiger partial charge in [-0.05, 0) is 25.1 Å². The number of methoxy groups -OCH3 is 1. The summed E-state index contributed by atoms with van der Waals surface area (Å²) in [6, 6.07) is 4.08. The minimum Gasteiger partial charge on any atom is -0.496 e. The first-order chi connectivity index (χ1) is 8.49. The van der Waals surface area contributed by atoms with Gasteiger partial charge in [0.2, 0.25) is 0 Å². The minimum atomic E-state index is -0.605. The second-order valence-corrected chi connectivity index (χ2v) is 4.00. The fraction of sp³-hybridized carbons (Fsp3) is 0.273. The molecule has 0 aromatic heterocycles. The number of hydrogen-bond acceptors (Lipinski definition) is 4. The highest BCUT2D eigenvalue weighted by molar-refractivity contribution is 6.31. The van der Waals surface area contributed by atoms with Crippen LogP contribution in [-0.2, 0) is 0 Å². The van der Waals surface area contributed by atoms with E-state index in [0.29, 0.717) is 10.8 Å². The maximum Gasteiger partial charge on any atom is 0.255 e. The van der Waals surface area contributed by atoms with E-state index < -0.39 is 11.9 Å². The normalized spacial score (nSPS) is 12.9. The highest BCUT2D eigenvalue weighted by Crippen LogP contribution is 2.22. The molecule has 0 heterocycles. The summed E-state index contributed by atoms with van der Waals surface area (Å²) in [5, 5.41) is 14.3. The van der Waals surface area contributed by atoms with E-state index in [1.54, 1.807) is 19.1 Å². The van der Waals surface area contributed by atoms with E-state index in [2.05, 4.69) is 10.5 Å². The van der Waals surface area contributed by atoms with Crippen LogP contribution in [0.5, 0.6) is 5.75 Å². The molecule has 1 atom stereocenters. The molecule has 0 bridgehead atoms. The van der Waals surface area contributed by atoms with Gasteiger partial charge >= 0.3 is 0 Å². The molecular weight excluding hydrogens is 258 g/mol. The van der Waals surface area contributed by atoms with Crippen molar-refractivity contribution in [3.8, 4) is 5.75 Å². The number of amides is 1. The van der Waals surface area contributed by atoms with E-state index in [-0.39, 0.29) is 11.4 Å². The first kappa shape index (κ1) is 14.1. The Balaban J connectivity index is 2.93. The van der Waals surface area contributed by atoms with Gasteiger partial charge in [0.25, 0.3) is 5.91 Å². The van der Waals surface area contributed by atoms with Crippen LogP contribution in [0.2, 0.25) is 5.02 Å². The van der Waals surface area contributed by atoms with Crippen LogP contribution < -0.4 is 15.8 Å². The van der Waals surface area contributed by atoms with Crippen LogP contribution in [0.1, 0.15) is 17.3 Å². The van der Waals surface area contributed by atoms with Gasteiger partial charge in [0.1, 0.15) is 5.75 Å².